The molecule has 2 fully saturated rings. The Kier molecular flexibility index (Phi) is 9.02. The summed E-state index contributed by atoms with van der Waals surface area (Å²) in [5.74, 6) is 1.14. The first kappa shape index (κ1) is 29.3. The van der Waals surface area contributed by atoms with Crippen molar-refractivity contribution in [2.75, 3.05) is 44.9 Å². The van der Waals surface area contributed by atoms with E-state index < -0.39 is 0 Å². The molecule has 0 bridgehead atoms. The van der Waals surface area contributed by atoms with Gasteiger partial charge < -0.3 is 19.1 Å². The Hall–Kier alpha value is -3.79. The Morgan fingerprint density at radius 1 is 1.00 bits per heavy atom. The van der Waals surface area contributed by atoms with Gasteiger partial charge in [-0.15, -0.1) is 0 Å². The van der Waals surface area contributed by atoms with E-state index in [1.165, 1.54) is 17.1 Å². The van der Waals surface area contributed by atoms with Crippen LogP contribution in [0, 0.1) is 0 Å². The highest BCUT2D eigenvalue weighted by Gasteiger charge is 2.30. The number of carbonyl (C=O) groups excluding carboxylic acids is 1. The van der Waals surface area contributed by atoms with Crippen molar-refractivity contribution in [1.82, 2.24) is 4.90 Å². The van der Waals surface area contributed by atoms with Crippen molar-refractivity contribution >= 4 is 67.0 Å². The predicted octanol–water partition coefficient (Wildman–Crippen LogP) is 7.65. The molecule has 2 saturated heterocycles. The van der Waals surface area contributed by atoms with E-state index in [2.05, 4.69) is 57.2 Å². The second kappa shape index (κ2) is 13.2. The third-order valence-electron chi connectivity index (χ3n) is 7.34. The van der Waals surface area contributed by atoms with Gasteiger partial charge in [-0.25, -0.2) is 4.99 Å². The number of anilines is 1. The largest absolute Gasteiger partial charge is 0.490 e. The van der Waals surface area contributed by atoms with Crippen molar-refractivity contribution in [3.8, 4) is 11.5 Å². The number of morpholine rings is 1. The number of rotatable bonds is 8. The average Bonchev–Trinajstić information content (AvgIpc) is 3.29. The average molecular weight is 659 g/mol. The number of amides is 1. The third-order valence-corrected chi connectivity index (χ3v) is 8.98. The summed E-state index contributed by atoms with van der Waals surface area (Å²) in [5.41, 5.74) is 3.87. The summed E-state index contributed by atoms with van der Waals surface area (Å²) in [5, 5.41) is 2.97. The van der Waals surface area contributed by atoms with E-state index in [-0.39, 0.29) is 5.91 Å². The first-order valence-electron chi connectivity index (χ1n) is 14.2. The van der Waals surface area contributed by atoms with Gasteiger partial charge in [-0.1, -0.05) is 42.5 Å². The first-order chi connectivity index (χ1) is 21.0. The molecule has 2 aliphatic heterocycles. The summed E-state index contributed by atoms with van der Waals surface area (Å²) in [6, 6.07) is 26.5. The topological polar surface area (TPSA) is 63.6 Å². The maximum atomic E-state index is 13.2. The summed E-state index contributed by atoms with van der Waals surface area (Å²) in [7, 11) is 1.75. The molecular weight excluding hydrogens is 626 g/mol. The zero-order valence-corrected chi connectivity index (χ0v) is 26.5. The van der Waals surface area contributed by atoms with E-state index in [0.29, 0.717) is 34.8 Å². The molecule has 6 rings (SSSR count). The number of amidine groups is 1. The lowest BCUT2D eigenvalue weighted by Crippen LogP contribution is -2.36. The number of fused-ring (bicyclic) bond motifs is 1. The van der Waals surface area contributed by atoms with E-state index >= 15 is 0 Å². The van der Waals surface area contributed by atoms with Crippen LogP contribution in [0.4, 0.5) is 11.4 Å². The molecule has 1 amide bonds. The Labute approximate surface area is 264 Å². The molecule has 0 unspecified atom stereocenters. The fraction of sp³-hybridized carbons (Fsp3) is 0.235. The van der Waals surface area contributed by atoms with Crippen molar-refractivity contribution in [1.29, 1.82) is 0 Å². The van der Waals surface area contributed by atoms with Crippen molar-refractivity contribution in [2.24, 2.45) is 4.99 Å². The van der Waals surface area contributed by atoms with E-state index in [1.54, 1.807) is 11.9 Å². The quantitative estimate of drug-likeness (QED) is 0.181. The normalized spacial score (nSPS) is 17.3. The van der Waals surface area contributed by atoms with Gasteiger partial charge in [0.15, 0.2) is 16.7 Å². The van der Waals surface area contributed by atoms with Crippen LogP contribution in [0.5, 0.6) is 11.5 Å². The lowest BCUT2D eigenvalue weighted by Gasteiger charge is -2.28. The molecule has 0 radical (unpaired) electrons. The number of carbonyl (C=O) groups is 1. The monoisotopic (exact) mass is 657 g/mol. The SMILES string of the molecule is CCOc1cc(/C=C2\SC(=Nc3ccc(N4CCOCC4)cc3)N(C)C2=O)cc(Br)c1OCc1cccc2ccccc12. The summed E-state index contributed by atoms with van der Waals surface area (Å²) >= 11 is 5.05. The Balaban J connectivity index is 1.21. The highest BCUT2D eigenvalue weighted by atomic mass is 79.9. The van der Waals surface area contributed by atoms with E-state index in [0.717, 1.165) is 58.7 Å². The molecule has 4 aromatic rings. The zero-order valence-electron chi connectivity index (χ0n) is 24.1. The van der Waals surface area contributed by atoms with Gasteiger partial charge in [0.25, 0.3) is 5.91 Å². The van der Waals surface area contributed by atoms with Gasteiger partial charge in [0.05, 0.1) is 34.9 Å². The van der Waals surface area contributed by atoms with Crippen molar-refractivity contribution < 1.29 is 19.0 Å². The fourth-order valence-electron chi connectivity index (χ4n) is 5.12. The molecule has 7 nitrogen and oxygen atoms in total. The zero-order chi connectivity index (χ0) is 29.8. The molecule has 0 aliphatic carbocycles. The molecular formula is C34H32BrN3O4S. The van der Waals surface area contributed by atoms with Gasteiger partial charge in [-0.3, -0.25) is 9.69 Å². The summed E-state index contributed by atoms with van der Waals surface area (Å²) in [4.78, 5) is 22.4. The number of thioether (sulfide) groups is 1. The van der Waals surface area contributed by atoms with Crippen LogP contribution >= 0.6 is 27.7 Å². The second-order valence-corrected chi connectivity index (χ2v) is 12.0. The van der Waals surface area contributed by atoms with Crippen molar-refractivity contribution in [2.45, 2.75) is 13.5 Å². The minimum atomic E-state index is -0.0981. The Bertz CT molecular complexity index is 1690. The molecule has 4 aromatic carbocycles. The van der Waals surface area contributed by atoms with E-state index in [4.69, 9.17) is 19.2 Å². The number of halogens is 1. The molecule has 2 aliphatic rings. The molecule has 0 N–H and O–H groups in total. The minimum absolute atomic E-state index is 0.0981. The van der Waals surface area contributed by atoms with Gasteiger partial charge in [-0.2, -0.15) is 0 Å². The number of likely N-dealkylation sites (N-methyl/N-ethyl adjacent to an activating group) is 1. The van der Waals surface area contributed by atoms with Gasteiger partial charge in [-0.05, 0) is 99.0 Å². The number of aliphatic imine (C=N–C) groups is 1. The standard InChI is InChI=1S/C34H32BrN3O4S/c1-3-41-30-20-23(19-29(35)32(30)42-22-25-9-6-8-24-7-4-5-10-28(24)25)21-31-33(39)37(2)34(43-31)36-26-11-13-27(14-12-26)38-15-17-40-18-16-38/h4-14,19-21H,3,15-18,22H2,1-2H3/b31-21-,36-34?. The number of nitrogens with zero attached hydrogens (tertiary/aromatic N) is 3. The summed E-state index contributed by atoms with van der Waals surface area (Å²) in [6.07, 6.45) is 1.87. The van der Waals surface area contributed by atoms with E-state index in [1.807, 2.05) is 55.5 Å². The molecule has 0 saturated carbocycles. The predicted molar refractivity (Wildman–Crippen MR) is 178 cm³/mol. The summed E-state index contributed by atoms with van der Waals surface area (Å²) in [6.45, 7) is 6.07. The first-order valence-corrected chi connectivity index (χ1v) is 15.9. The van der Waals surface area contributed by atoms with Crippen LogP contribution in [0.25, 0.3) is 16.8 Å². The Morgan fingerprint density at radius 2 is 1.77 bits per heavy atom. The van der Waals surface area contributed by atoms with Gasteiger partial charge in [0, 0.05) is 25.8 Å². The highest BCUT2D eigenvalue weighted by molar-refractivity contribution is 9.10. The molecule has 43 heavy (non-hydrogen) atoms. The fourth-order valence-corrected chi connectivity index (χ4v) is 6.68. The van der Waals surface area contributed by atoms with Crippen LogP contribution in [0.15, 0.2) is 93.2 Å². The van der Waals surface area contributed by atoms with Crippen molar-refractivity contribution in [3.63, 3.8) is 0 Å². The van der Waals surface area contributed by atoms with Gasteiger partial charge in [0.1, 0.15) is 6.61 Å². The van der Waals surface area contributed by atoms with Crippen LogP contribution in [0.2, 0.25) is 0 Å². The van der Waals surface area contributed by atoms with Crippen LogP contribution < -0.4 is 14.4 Å². The molecule has 9 heteroatoms. The van der Waals surface area contributed by atoms with Crippen LogP contribution in [-0.2, 0) is 16.1 Å². The molecule has 2 heterocycles. The molecule has 220 valence electrons. The van der Waals surface area contributed by atoms with Gasteiger partial charge in [0.2, 0.25) is 0 Å². The molecule has 0 aromatic heterocycles. The van der Waals surface area contributed by atoms with Crippen molar-refractivity contribution in [3.05, 3.63) is 99.4 Å². The number of ether oxygens (including phenoxy) is 3. The molecule has 0 atom stereocenters. The maximum Gasteiger partial charge on any atom is 0.266 e. The highest BCUT2D eigenvalue weighted by Crippen LogP contribution is 2.40. The van der Waals surface area contributed by atoms with Gasteiger partial charge >= 0.3 is 0 Å². The number of benzene rings is 4. The maximum absolute atomic E-state index is 13.2. The second-order valence-electron chi connectivity index (χ2n) is 10.2. The lowest BCUT2D eigenvalue weighted by atomic mass is 10.1. The van der Waals surface area contributed by atoms with Crippen LogP contribution in [0.1, 0.15) is 18.1 Å². The smallest absolute Gasteiger partial charge is 0.266 e. The molecule has 0 spiro atoms. The van der Waals surface area contributed by atoms with E-state index in [9.17, 15) is 4.79 Å². The third kappa shape index (κ3) is 6.59. The van der Waals surface area contributed by atoms with Crippen LogP contribution in [0.3, 0.4) is 0 Å². The summed E-state index contributed by atoms with van der Waals surface area (Å²) < 4.78 is 18.5. The van der Waals surface area contributed by atoms with Crippen LogP contribution in [-0.4, -0.2) is 55.9 Å². The Morgan fingerprint density at radius 3 is 2.56 bits per heavy atom. The minimum Gasteiger partial charge on any atom is -0.490 e. The lowest BCUT2D eigenvalue weighted by molar-refractivity contribution is -0.121. The number of hydrogen-bond acceptors (Lipinski definition) is 7. The number of hydrogen-bond donors (Lipinski definition) is 0.